The molecule has 2 amide bonds. The lowest BCUT2D eigenvalue weighted by Crippen LogP contribution is -2.43. The second-order valence-electron chi connectivity index (χ2n) is 5.50. The van der Waals surface area contributed by atoms with E-state index in [0.29, 0.717) is 12.3 Å². The highest BCUT2D eigenvalue weighted by molar-refractivity contribution is 8.13. The summed E-state index contributed by atoms with van der Waals surface area (Å²) in [4.78, 5) is 33.6. The summed E-state index contributed by atoms with van der Waals surface area (Å²) in [6.07, 6.45) is -0.953. The molecule has 6 nitrogen and oxygen atoms in total. The molecule has 0 aliphatic carbocycles. The second-order valence-corrected chi connectivity index (χ2v) is 6.77. The Balaban J connectivity index is 3.76. The third-order valence-electron chi connectivity index (χ3n) is 2.45. The lowest BCUT2D eigenvalue weighted by atomic mass is 9.89. The van der Waals surface area contributed by atoms with Crippen LogP contribution in [0.2, 0.25) is 0 Å². The maximum Gasteiger partial charge on any atom is 0.249 e. The van der Waals surface area contributed by atoms with Gasteiger partial charge in [0.05, 0.1) is 0 Å². The molecule has 0 spiro atoms. The molecule has 7 heteroatoms. The Morgan fingerprint density at radius 1 is 1.15 bits per heavy atom. The average molecular weight is 304 g/mol. The van der Waals surface area contributed by atoms with Crippen LogP contribution in [0.4, 0.5) is 0 Å². The summed E-state index contributed by atoms with van der Waals surface area (Å²) >= 11 is 1.15. The second kappa shape index (κ2) is 8.97. The Kier molecular flexibility index (Phi) is 8.48. The number of hydrogen-bond donors (Lipinski definition) is 3. The number of carbonyl (C=O) groups excluding carboxylic acids is 3. The SMILES string of the molecule is CC(=O)SCCNC(=O)CCNC(=O)[C@H](O)C(C)(C)C. The monoisotopic (exact) mass is 304 g/mol. The molecule has 1 atom stereocenters. The van der Waals surface area contributed by atoms with E-state index in [4.69, 9.17) is 0 Å². The molecule has 0 aromatic heterocycles. The Labute approximate surface area is 124 Å². The first-order valence-electron chi connectivity index (χ1n) is 6.50. The lowest BCUT2D eigenvalue weighted by Gasteiger charge is -2.24. The van der Waals surface area contributed by atoms with Crippen LogP contribution < -0.4 is 10.6 Å². The molecule has 0 bridgehead atoms. The number of carbonyl (C=O) groups is 3. The van der Waals surface area contributed by atoms with Crippen LogP contribution >= 0.6 is 11.8 Å². The molecule has 0 saturated heterocycles. The minimum Gasteiger partial charge on any atom is -0.383 e. The number of rotatable bonds is 7. The van der Waals surface area contributed by atoms with Gasteiger partial charge in [-0.25, -0.2) is 0 Å². The van der Waals surface area contributed by atoms with Gasteiger partial charge in [0, 0.05) is 32.2 Å². The van der Waals surface area contributed by atoms with Crippen LogP contribution in [0.15, 0.2) is 0 Å². The van der Waals surface area contributed by atoms with E-state index in [-0.39, 0.29) is 24.0 Å². The molecule has 0 aromatic rings. The van der Waals surface area contributed by atoms with E-state index in [2.05, 4.69) is 10.6 Å². The van der Waals surface area contributed by atoms with Crippen molar-refractivity contribution in [1.82, 2.24) is 10.6 Å². The summed E-state index contributed by atoms with van der Waals surface area (Å²) in [7, 11) is 0. The molecule has 20 heavy (non-hydrogen) atoms. The van der Waals surface area contributed by atoms with Crippen molar-refractivity contribution >= 4 is 28.7 Å². The standard InChI is InChI=1S/C13H24N2O4S/c1-9(16)20-8-7-14-10(17)5-6-15-12(19)11(18)13(2,3)4/h11,18H,5-8H2,1-4H3,(H,14,17)(H,15,19)/t11-/m0/s1. The molecule has 0 aromatic carbocycles. The molecule has 0 saturated carbocycles. The molecule has 116 valence electrons. The third kappa shape index (κ3) is 8.92. The van der Waals surface area contributed by atoms with Gasteiger partial charge in [0.2, 0.25) is 11.8 Å². The highest BCUT2D eigenvalue weighted by Gasteiger charge is 2.28. The zero-order valence-corrected chi connectivity index (χ0v) is 13.3. The van der Waals surface area contributed by atoms with Gasteiger partial charge in [-0.1, -0.05) is 32.5 Å². The van der Waals surface area contributed by atoms with E-state index < -0.39 is 17.4 Å². The quantitative estimate of drug-likeness (QED) is 0.588. The minimum atomic E-state index is -1.10. The van der Waals surface area contributed by atoms with Crippen molar-refractivity contribution in [3.63, 3.8) is 0 Å². The number of aliphatic hydroxyl groups is 1. The van der Waals surface area contributed by atoms with Gasteiger partial charge in [-0.2, -0.15) is 0 Å². The highest BCUT2D eigenvalue weighted by atomic mass is 32.2. The number of aliphatic hydroxyl groups excluding tert-OH is 1. The van der Waals surface area contributed by atoms with Crippen molar-refractivity contribution in [2.75, 3.05) is 18.8 Å². The van der Waals surface area contributed by atoms with Gasteiger partial charge in [0.15, 0.2) is 5.12 Å². The molecule has 0 aliphatic heterocycles. The molecule has 0 aliphatic rings. The zero-order chi connectivity index (χ0) is 15.8. The fraction of sp³-hybridized carbons (Fsp3) is 0.769. The van der Waals surface area contributed by atoms with Crippen molar-refractivity contribution in [2.24, 2.45) is 5.41 Å². The third-order valence-corrected chi connectivity index (χ3v) is 3.26. The summed E-state index contributed by atoms with van der Waals surface area (Å²) in [6.45, 7) is 7.35. The Hall–Kier alpha value is -1.08. The van der Waals surface area contributed by atoms with Crippen molar-refractivity contribution in [1.29, 1.82) is 0 Å². The summed E-state index contributed by atoms with van der Waals surface area (Å²) in [5.74, 6) is -0.131. The van der Waals surface area contributed by atoms with E-state index in [9.17, 15) is 19.5 Å². The van der Waals surface area contributed by atoms with Gasteiger partial charge >= 0.3 is 0 Å². The van der Waals surface area contributed by atoms with Gasteiger partial charge < -0.3 is 15.7 Å². The van der Waals surface area contributed by atoms with Gasteiger partial charge in [-0.05, 0) is 5.41 Å². The number of hydrogen-bond acceptors (Lipinski definition) is 5. The maximum atomic E-state index is 11.6. The van der Waals surface area contributed by atoms with Crippen LogP contribution in [0.3, 0.4) is 0 Å². The van der Waals surface area contributed by atoms with Gasteiger partial charge in [0.1, 0.15) is 6.10 Å². The molecule has 0 fully saturated rings. The van der Waals surface area contributed by atoms with Crippen molar-refractivity contribution < 1.29 is 19.5 Å². The largest absolute Gasteiger partial charge is 0.383 e. The maximum absolute atomic E-state index is 11.6. The van der Waals surface area contributed by atoms with Crippen molar-refractivity contribution in [3.05, 3.63) is 0 Å². The fourth-order valence-electron chi connectivity index (χ4n) is 1.26. The molecular weight excluding hydrogens is 280 g/mol. The smallest absolute Gasteiger partial charge is 0.249 e. The first kappa shape index (κ1) is 18.9. The van der Waals surface area contributed by atoms with Crippen LogP contribution in [-0.2, 0) is 14.4 Å². The summed E-state index contributed by atoms with van der Waals surface area (Å²) < 4.78 is 0. The minimum absolute atomic E-state index is 0.0164. The van der Waals surface area contributed by atoms with E-state index in [0.717, 1.165) is 11.8 Å². The highest BCUT2D eigenvalue weighted by Crippen LogP contribution is 2.18. The molecule has 0 rings (SSSR count). The first-order chi connectivity index (χ1) is 9.14. The first-order valence-corrected chi connectivity index (χ1v) is 7.49. The number of thioether (sulfide) groups is 1. The van der Waals surface area contributed by atoms with Gasteiger partial charge in [0.25, 0.3) is 0 Å². The predicted octanol–water partition coefficient (Wildman–Crippen LogP) is 0.296. The van der Waals surface area contributed by atoms with Crippen LogP contribution in [0.5, 0.6) is 0 Å². The van der Waals surface area contributed by atoms with Crippen LogP contribution in [-0.4, -0.2) is 47.0 Å². The van der Waals surface area contributed by atoms with E-state index in [1.54, 1.807) is 20.8 Å². The molecule has 0 radical (unpaired) electrons. The van der Waals surface area contributed by atoms with Gasteiger partial charge in [-0.3, -0.25) is 14.4 Å². The summed E-state index contributed by atoms with van der Waals surface area (Å²) in [5.41, 5.74) is -0.531. The molecule has 0 unspecified atom stereocenters. The number of amides is 2. The number of nitrogens with one attached hydrogen (secondary N) is 2. The summed E-state index contributed by atoms with van der Waals surface area (Å²) in [5, 5.41) is 14.9. The Morgan fingerprint density at radius 3 is 2.25 bits per heavy atom. The normalized spacial score (nSPS) is 12.7. The average Bonchev–Trinajstić information content (AvgIpc) is 2.32. The van der Waals surface area contributed by atoms with Crippen LogP contribution in [0.1, 0.15) is 34.1 Å². The fourth-order valence-corrected chi connectivity index (χ4v) is 1.75. The van der Waals surface area contributed by atoms with E-state index in [1.807, 2.05) is 0 Å². The lowest BCUT2D eigenvalue weighted by molar-refractivity contribution is -0.134. The summed E-state index contributed by atoms with van der Waals surface area (Å²) in [6, 6.07) is 0. The predicted molar refractivity (Wildman–Crippen MR) is 79.2 cm³/mol. The Morgan fingerprint density at radius 2 is 1.75 bits per heavy atom. The van der Waals surface area contributed by atoms with Crippen LogP contribution in [0, 0.1) is 5.41 Å². The Bertz CT molecular complexity index is 353. The van der Waals surface area contributed by atoms with E-state index >= 15 is 0 Å². The van der Waals surface area contributed by atoms with Crippen LogP contribution in [0.25, 0.3) is 0 Å². The van der Waals surface area contributed by atoms with Gasteiger partial charge in [-0.15, -0.1) is 0 Å². The van der Waals surface area contributed by atoms with E-state index in [1.165, 1.54) is 6.92 Å². The molecular formula is C13H24N2O4S. The van der Waals surface area contributed by atoms with Crippen molar-refractivity contribution in [2.45, 2.75) is 40.2 Å². The molecule has 3 N–H and O–H groups in total. The van der Waals surface area contributed by atoms with Crippen molar-refractivity contribution in [3.8, 4) is 0 Å². The zero-order valence-electron chi connectivity index (χ0n) is 12.5. The molecule has 0 heterocycles. The topological polar surface area (TPSA) is 95.5 Å².